The van der Waals surface area contributed by atoms with E-state index in [1.165, 1.54) is 22.4 Å². The maximum atomic E-state index is 5.82. The van der Waals surface area contributed by atoms with Gasteiger partial charge in [-0.15, -0.1) is 0 Å². The molecule has 0 bridgehead atoms. The number of aromatic nitrogens is 1. The van der Waals surface area contributed by atoms with Gasteiger partial charge in [0.25, 0.3) is 0 Å². The van der Waals surface area contributed by atoms with Crippen LogP contribution in [-0.4, -0.2) is 12.0 Å². The van der Waals surface area contributed by atoms with Gasteiger partial charge in [-0.25, -0.2) is 4.98 Å². The molecule has 0 atom stereocenters. The first-order chi connectivity index (χ1) is 8.90. The second-order valence-corrected chi connectivity index (χ2v) is 5.13. The van der Waals surface area contributed by atoms with Gasteiger partial charge in [-0.2, -0.15) is 0 Å². The van der Waals surface area contributed by atoms with Gasteiger partial charge in [0.2, 0.25) is 0 Å². The first kappa shape index (κ1) is 13.4. The van der Waals surface area contributed by atoms with Crippen LogP contribution in [0.25, 0.3) is 0 Å². The highest BCUT2D eigenvalue weighted by molar-refractivity contribution is 5.66. The van der Waals surface area contributed by atoms with E-state index in [0.717, 1.165) is 17.2 Å². The number of nitrogens with zero attached hydrogens (tertiary/aromatic N) is 2. The van der Waals surface area contributed by atoms with Gasteiger partial charge in [0.15, 0.2) is 0 Å². The van der Waals surface area contributed by atoms with Crippen LogP contribution < -0.4 is 10.6 Å². The molecule has 1 heterocycles. The van der Waals surface area contributed by atoms with Gasteiger partial charge in [-0.3, -0.25) is 0 Å². The van der Waals surface area contributed by atoms with E-state index in [2.05, 4.69) is 42.8 Å². The van der Waals surface area contributed by atoms with Gasteiger partial charge in [0.1, 0.15) is 5.82 Å². The Balaban J connectivity index is 2.46. The molecular weight excluding hydrogens is 234 g/mol. The van der Waals surface area contributed by atoms with Crippen molar-refractivity contribution in [3.63, 3.8) is 0 Å². The van der Waals surface area contributed by atoms with E-state index in [4.69, 9.17) is 5.73 Å². The molecule has 0 aliphatic carbocycles. The van der Waals surface area contributed by atoms with Crippen LogP contribution in [0.2, 0.25) is 0 Å². The molecule has 2 N–H and O–H groups in total. The number of aryl methyl sites for hydroxylation is 4. The van der Waals surface area contributed by atoms with E-state index in [1.54, 1.807) is 0 Å². The molecule has 0 aliphatic heterocycles. The fourth-order valence-electron chi connectivity index (χ4n) is 2.18. The number of hydrogen-bond acceptors (Lipinski definition) is 3. The average Bonchev–Trinajstić information content (AvgIpc) is 2.36. The quantitative estimate of drug-likeness (QED) is 0.890. The highest BCUT2D eigenvalue weighted by Crippen LogP contribution is 2.28. The third-order valence-corrected chi connectivity index (χ3v) is 3.63. The maximum absolute atomic E-state index is 5.82. The van der Waals surface area contributed by atoms with E-state index < -0.39 is 0 Å². The molecule has 19 heavy (non-hydrogen) atoms. The van der Waals surface area contributed by atoms with Gasteiger partial charge < -0.3 is 10.6 Å². The van der Waals surface area contributed by atoms with Gasteiger partial charge in [-0.05, 0) is 62.6 Å². The molecule has 1 aromatic heterocycles. The fraction of sp³-hybridized carbons (Fsp3) is 0.312. The lowest BCUT2D eigenvalue weighted by Crippen LogP contribution is -2.13. The Morgan fingerprint density at radius 3 is 2.21 bits per heavy atom. The molecule has 0 saturated heterocycles. The molecule has 3 nitrogen and oxygen atoms in total. The van der Waals surface area contributed by atoms with Crippen molar-refractivity contribution >= 4 is 17.2 Å². The van der Waals surface area contributed by atoms with Gasteiger partial charge >= 0.3 is 0 Å². The highest BCUT2D eigenvalue weighted by Gasteiger charge is 2.10. The second kappa shape index (κ2) is 4.92. The van der Waals surface area contributed by atoms with Crippen LogP contribution in [0.15, 0.2) is 24.3 Å². The summed E-state index contributed by atoms with van der Waals surface area (Å²) in [5, 5.41) is 0. The van der Waals surface area contributed by atoms with Crippen LogP contribution in [0.4, 0.5) is 17.2 Å². The molecular formula is C16H21N3. The minimum Gasteiger partial charge on any atom is -0.397 e. The molecule has 0 saturated carbocycles. The number of pyridine rings is 1. The summed E-state index contributed by atoms with van der Waals surface area (Å²) in [6, 6.07) is 8.28. The summed E-state index contributed by atoms with van der Waals surface area (Å²) in [4.78, 5) is 6.65. The lowest BCUT2D eigenvalue weighted by Gasteiger charge is -2.22. The zero-order valence-corrected chi connectivity index (χ0v) is 12.3. The lowest BCUT2D eigenvalue weighted by molar-refractivity contribution is 1.08. The van der Waals surface area contributed by atoms with Crippen molar-refractivity contribution in [2.24, 2.45) is 0 Å². The molecule has 0 fully saturated rings. The Bertz CT molecular complexity index is 618. The number of nitrogen functional groups attached to an aromatic ring is 1. The Hall–Kier alpha value is -2.03. The van der Waals surface area contributed by atoms with Crippen molar-refractivity contribution in [3.05, 3.63) is 46.6 Å². The topological polar surface area (TPSA) is 42.1 Å². The van der Waals surface area contributed by atoms with E-state index in [0.29, 0.717) is 0 Å². The predicted molar refractivity (Wildman–Crippen MR) is 82.1 cm³/mol. The van der Waals surface area contributed by atoms with Crippen molar-refractivity contribution in [3.8, 4) is 0 Å². The summed E-state index contributed by atoms with van der Waals surface area (Å²) in [7, 11) is 2.04. The summed E-state index contributed by atoms with van der Waals surface area (Å²) in [5.41, 5.74) is 12.5. The van der Waals surface area contributed by atoms with Crippen LogP contribution in [-0.2, 0) is 0 Å². The first-order valence-corrected chi connectivity index (χ1v) is 6.45. The van der Waals surface area contributed by atoms with E-state index in [-0.39, 0.29) is 0 Å². The SMILES string of the molecule is Cc1cc(C)c(N(C)c2ccc(N)c(C)n2)cc1C. The summed E-state index contributed by atoms with van der Waals surface area (Å²) in [5.74, 6) is 0.915. The molecule has 0 radical (unpaired) electrons. The minimum absolute atomic E-state index is 0.731. The third-order valence-electron chi connectivity index (χ3n) is 3.63. The van der Waals surface area contributed by atoms with E-state index >= 15 is 0 Å². The van der Waals surface area contributed by atoms with Crippen LogP contribution in [0.5, 0.6) is 0 Å². The smallest absolute Gasteiger partial charge is 0.133 e. The van der Waals surface area contributed by atoms with Crippen LogP contribution >= 0.6 is 0 Å². The monoisotopic (exact) mass is 255 g/mol. The molecule has 0 unspecified atom stereocenters. The lowest BCUT2D eigenvalue weighted by atomic mass is 10.0. The van der Waals surface area contributed by atoms with Crippen molar-refractivity contribution in [1.29, 1.82) is 0 Å². The number of rotatable bonds is 2. The van der Waals surface area contributed by atoms with Crippen LogP contribution in [0, 0.1) is 27.7 Å². The summed E-state index contributed by atoms with van der Waals surface area (Å²) >= 11 is 0. The van der Waals surface area contributed by atoms with Crippen LogP contribution in [0.1, 0.15) is 22.4 Å². The normalized spacial score (nSPS) is 10.6. The zero-order chi connectivity index (χ0) is 14.2. The molecule has 2 aromatic rings. The van der Waals surface area contributed by atoms with Crippen molar-refractivity contribution in [2.75, 3.05) is 17.7 Å². The average molecular weight is 255 g/mol. The predicted octanol–water partition coefficient (Wildman–Crippen LogP) is 3.67. The molecule has 0 spiro atoms. The van der Waals surface area contributed by atoms with Gasteiger partial charge in [0, 0.05) is 12.7 Å². The second-order valence-electron chi connectivity index (χ2n) is 5.13. The first-order valence-electron chi connectivity index (χ1n) is 6.45. The largest absolute Gasteiger partial charge is 0.397 e. The fourth-order valence-corrected chi connectivity index (χ4v) is 2.18. The molecule has 100 valence electrons. The van der Waals surface area contributed by atoms with Crippen molar-refractivity contribution in [1.82, 2.24) is 4.98 Å². The maximum Gasteiger partial charge on any atom is 0.133 e. The van der Waals surface area contributed by atoms with Gasteiger partial charge in [-0.1, -0.05) is 6.07 Å². The number of anilines is 3. The van der Waals surface area contributed by atoms with Crippen LogP contribution in [0.3, 0.4) is 0 Å². The zero-order valence-electron chi connectivity index (χ0n) is 12.3. The number of hydrogen-bond donors (Lipinski definition) is 1. The molecule has 0 aliphatic rings. The Morgan fingerprint density at radius 2 is 1.58 bits per heavy atom. The Kier molecular flexibility index (Phi) is 3.47. The van der Waals surface area contributed by atoms with Crippen molar-refractivity contribution < 1.29 is 0 Å². The molecule has 0 amide bonds. The summed E-state index contributed by atoms with van der Waals surface area (Å²) in [6.45, 7) is 8.33. The standard InChI is InChI=1S/C16H21N3/c1-10-8-12(3)15(9-11(10)2)19(5)16-7-6-14(17)13(4)18-16/h6-9H,17H2,1-5H3. The third kappa shape index (κ3) is 2.55. The molecule has 1 aromatic carbocycles. The minimum atomic E-state index is 0.731. The summed E-state index contributed by atoms with van der Waals surface area (Å²) in [6.07, 6.45) is 0. The Labute approximate surface area is 115 Å². The summed E-state index contributed by atoms with van der Waals surface area (Å²) < 4.78 is 0. The Morgan fingerprint density at radius 1 is 0.947 bits per heavy atom. The highest BCUT2D eigenvalue weighted by atomic mass is 15.2. The van der Waals surface area contributed by atoms with E-state index in [1.807, 2.05) is 26.1 Å². The van der Waals surface area contributed by atoms with Crippen molar-refractivity contribution in [2.45, 2.75) is 27.7 Å². The number of benzene rings is 1. The van der Waals surface area contributed by atoms with E-state index in [9.17, 15) is 0 Å². The molecule has 3 heteroatoms. The van der Waals surface area contributed by atoms with Gasteiger partial charge in [0.05, 0.1) is 11.4 Å². The molecule has 2 rings (SSSR count). The number of nitrogens with two attached hydrogens (primary N) is 1.